The predicted molar refractivity (Wildman–Crippen MR) is 131 cm³/mol. The average molecular weight is 445 g/mol. The summed E-state index contributed by atoms with van der Waals surface area (Å²) in [5.41, 5.74) is 1.70. The van der Waals surface area contributed by atoms with Crippen molar-refractivity contribution in [2.24, 2.45) is 46.3 Å². The summed E-state index contributed by atoms with van der Waals surface area (Å²) in [7, 11) is 0. The van der Waals surface area contributed by atoms with Crippen molar-refractivity contribution in [3.63, 3.8) is 0 Å². The van der Waals surface area contributed by atoms with E-state index in [-0.39, 0.29) is 12.0 Å². The molecule has 0 bridgehead atoms. The highest BCUT2D eigenvalue weighted by Gasteiger charge is 2.59. The minimum Gasteiger partial charge on any atom is -0.393 e. The van der Waals surface area contributed by atoms with Crippen molar-refractivity contribution in [2.75, 3.05) is 0 Å². The van der Waals surface area contributed by atoms with Gasteiger partial charge in [0.25, 0.3) is 0 Å². The van der Waals surface area contributed by atoms with Crippen LogP contribution in [0.15, 0.2) is 24.3 Å². The topological polar surface area (TPSA) is 49.7 Å². The lowest BCUT2D eigenvalue weighted by atomic mass is 9.47. The van der Waals surface area contributed by atoms with Crippen LogP contribution in [-0.4, -0.2) is 22.1 Å². The van der Waals surface area contributed by atoms with Gasteiger partial charge in [0.1, 0.15) is 5.60 Å². The number of allylic oxidation sites excluding steroid dienone is 1. The number of rotatable bonds is 7. The summed E-state index contributed by atoms with van der Waals surface area (Å²) >= 11 is 0. The first-order valence-corrected chi connectivity index (χ1v) is 13.4. The highest BCUT2D eigenvalue weighted by molar-refractivity contribution is 5.25. The van der Waals surface area contributed by atoms with Crippen LogP contribution in [0.3, 0.4) is 0 Å². The van der Waals surface area contributed by atoms with E-state index in [1.165, 1.54) is 38.5 Å². The van der Waals surface area contributed by atoms with Crippen molar-refractivity contribution in [2.45, 2.75) is 111 Å². The van der Waals surface area contributed by atoms with Crippen molar-refractivity contribution >= 4 is 0 Å². The lowest BCUT2D eigenvalue weighted by Gasteiger charge is -2.58. The molecule has 0 amide bonds. The fourth-order valence-electron chi connectivity index (χ4n) is 9.09. The van der Waals surface area contributed by atoms with Gasteiger partial charge in [-0.05, 0) is 111 Å². The second-order valence-corrected chi connectivity index (χ2v) is 12.8. The molecule has 0 aromatic heterocycles. The maximum Gasteiger partial charge on any atom is 0.123 e. The first-order valence-electron chi connectivity index (χ1n) is 13.4. The van der Waals surface area contributed by atoms with Crippen molar-refractivity contribution in [3.05, 3.63) is 24.3 Å². The summed E-state index contributed by atoms with van der Waals surface area (Å²) in [6.45, 7) is 15.7. The van der Waals surface area contributed by atoms with E-state index >= 15 is 0 Å². The van der Waals surface area contributed by atoms with E-state index in [0.717, 1.165) is 49.4 Å². The lowest BCUT2D eigenvalue weighted by molar-refractivity contribution is -0.321. The molecule has 182 valence electrons. The summed E-state index contributed by atoms with van der Waals surface area (Å²) < 4.78 is 0. The number of hydrogen-bond donors (Lipinski definition) is 2. The van der Waals surface area contributed by atoms with Crippen molar-refractivity contribution in [1.29, 1.82) is 0 Å². The van der Waals surface area contributed by atoms with Gasteiger partial charge in [-0.2, -0.15) is 0 Å². The largest absolute Gasteiger partial charge is 0.393 e. The Labute approximate surface area is 196 Å². The van der Waals surface area contributed by atoms with Gasteiger partial charge in [-0.3, -0.25) is 5.26 Å². The van der Waals surface area contributed by atoms with E-state index in [0.29, 0.717) is 16.7 Å². The average Bonchev–Trinajstić information content (AvgIpc) is 3.12. The Morgan fingerprint density at radius 2 is 1.91 bits per heavy atom. The molecule has 32 heavy (non-hydrogen) atoms. The third kappa shape index (κ3) is 3.75. The second-order valence-electron chi connectivity index (χ2n) is 12.8. The number of aliphatic hydroxyl groups is 1. The van der Waals surface area contributed by atoms with Crippen LogP contribution < -0.4 is 0 Å². The van der Waals surface area contributed by atoms with E-state index in [4.69, 9.17) is 4.89 Å². The molecule has 3 saturated carbocycles. The van der Waals surface area contributed by atoms with Crippen LogP contribution in [0, 0.1) is 46.3 Å². The lowest BCUT2D eigenvalue weighted by Crippen LogP contribution is -2.50. The van der Waals surface area contributed by atoms with Gasteiger partial charge in [-0.25, -0.2) is 4.89 Å². The molecule has 2 N–H and O–H groups in total. The minimum atomic E-state index is -0.629. The van der Waals surface area contributed by atoms with Gasteiger partial charge in [0, 0.05) is 0 Å². The summed E-state index contributed by atoms with van der Waals surface area (Å²) in [6.07, 6.45) is 15.9. The summed E-state index contributed by atoms with van der Waals surface area (Å²) in [4.78, 5) is 4.99. The number of aliphatic hydroxyl groups excluding tert-OH is 1. The van der Waals surface area contributed by atoms with Crippen LogP contribution in [0.4, 0.5) is 0 Å². The van der Waals surface area contributed by atoms with E-state index in [1.807, 2.05) is 6.08 Å². The van der Waals surface area contributed by atoms with Gasteiger partial charge in [-0.15, -0.1) is 6.58 Å². The molecule has 3 heteroatoms. The summed E-state index contributed by atoms with van der Waals surface area (Å²) in [5, 5.41) is 19.9. The molecule has 3 fully saturated rings. The third-order valence-corrected chi connectivity index (χ3v) is 11.3. The van der Waals surface area contributed by atoms with Crippen molar-refractivity contribution in [1.82, 2.24) is 0 Å². The number of fused-ring (bicyclic) bond motifs is 5. The molecule has 9 atom stereocenters. The molecule has 0 aromatic carbocycles. The molecule has 4 rings (SSSR count). The van der Waals surface area contributed by atoms with Crippen LogP contribution >= 0.6 is 0 Å². The van der Waals surface area contributed by atoms with E-state index < -0.39 is 5.60 Å². The Hall–Kier alpha value is -0.640. The van der Waals surface area contributed by atoms with Crippen LogP contribution in [0.25, 0.3) is 0 Å². The summed E-state index contributed by atoms with van der Waals surface area (Å²) in [5.74, 6) is 4.05. The molecule has 4 aliphatic carbocycles. The molecule has 0 aromatic rings. The Morgan fingerprint density at radius 1 is 1.16 bits per heavy atom. The normalized spacial score (nSPS) is 44.1. The van der Waals surface area contributed by atoms with E-state index in [1.54, 1.807) is 5.57 Å². The highest BCUT2D eigenvalue weighted by Crippen LogP contribution is 2.67. The van der Waals surface area contributed by atoms with Gasteiger partial charge in [0.2, 0.25) is 0 Å². The molecule has 3 nitrogen and oxygen atoms in total. The first-order chi connectivity index (χ1) is 15.1. The van der Waals surface area contributed by atoms with Crippen molar-refractivity contribution in [3.8, 4) is 0 Å². The molecule has 0 aliphatic heterocycles. The van der Waals surface area contributed by atoms with Gasteiger partial charge in [0.05, 0.1) is 6.10 Å². The van der Waals surface area contributed by atoms with Gasteiger partial charge < -0.3 is 5.11 Å². The fourth-order valence-corrected chi connectivity index (χ4v) is 9.09. The maximum atomic E-state index is 10.3. The molecular weight excluding hydrogens is 396 g/mol. The Bertz CT molecular complexity index is 728. The molecular formula is C29H48O3. The standard InChI is InChI=1S/C29H48O3/c1-7-29(32-31,19(2)3)17-12-20(4)24-10-11-25-23-9-8-21-18-22(30)13-15-27(21,5)26(23)14-16-28(24,25)6/h7-8,19-20,22-26,30-31H,1,9-18H2,2-6H3/t20-,22+,23?,24?,25?,26?,27+,28-,29-/m1/s1. The van der Waals surface area contributed by atoms with Crippen LogP contribution in [0.2, 0.25) is 0 Å². The zero-order valence-electron chi connectivity index (χ0n) is 21.3. The molecule has 0 radical (unpaired) electrons. The number of hydrogen-bond acceptors (Lipinski definition) is 3. The van der Waals surface area contributed by atoms with Crippen LogP contribution in [0.5, 0.6) is 0 Å². The monoisotopic (exact) mass is 444 g/mol. The predicted octanol–water partition coefficient (Wildman–Crippen LogP) is 7.41. The summed E-state index contributed by atoms with van der Waals surface area (Å²) in [6, 6.07) is 0. The molecule has 4 unspecified atom stereocenters. The zero-order valence-corrected chi connectivity index (χ0v) is 21.3. The fraction of sp³-hybridized carbons (Fsp3) is 0.862. The first kappa shape index (κ1) is 24.5. The Morgan fingerprint density at radius 3 is 2.56 bits per heavy atom. The van der Waals surface area contributed by atoms with Gasteiger partial charge in [-0.1, -0.05) is 52.3 Å². The molecule has 4 aliphatic rings. The van der Waals surface area contributed by atoms with Crippen LogP contribution in [-0.2, 0) is 4.89 Å². The maximum absolute atomic E-state index is 10.3. The smallest absolute Gasteiger partial charge is 0.123 e. The molecule has 0 heterocycles. The third-order valence-electron chi connectivity index (χ3n) is 11.3. The Kier molecular flexibility index (Phi) is 6.78. The van der Waals surface area contributed by atoms with E-state index in [9.17, 15) is 10.4 Å². The van der Waals surface area contributed by atoms with Gasteiger partial charge in [0.15, 0.2) is 0 Å². The second kappa shape index (κ2) is 8.86. The van der Waals surface area contributed by atoms with E-state index in [2.05, 4.69) is 47.3 Å². The highest BCUT2D eigenvalue weighted by atomic mass is 17.1. The van der Waals surface area contributed by atoms with Crippen molar-refractivity contribution < 1.29 is 15.3 Å². The molecule has 0 saturated heterocycles. The SMILES string of the molecule is C=C[C@](CC[C@@H](C)C1CCC2C3CC=C4C[C@@H](O)CC[C@]4(C)C3CC[C@@]21C)(OO)C(C)C. The zero-order chi connectivity index (χ0) is 23.3. The minimum absolute atomic E-state index is 0.118. The molecule has 0 spiro atoms. The van der Waals surface area contributed by atoms with Crippen LogP contribution in [0.1, 0.15) is 98.8 Å². The quantitative estimate of drug-likeness (QED) is 0.244. The Balaban J connectivity index is 1.49. The van der Waals surface area contributed by atoms with Gasteiger partial charge >= 0.3 is 0 Å².